The molecule has 0 aliphatic rings. The second kappa shape index (κ2) is 6.53. The maximum Gasteiger partial charge on any atom is 0.185 e. The fourth-order valence-corrected chi connectivity index (χ4v) is 2.59. The fourth-order valence-electron chi connectivity index (χ4n) is 1.64. The molecule has 2 rings (SSSR count). The first kappa shape index (κ1) is 13.8. The van der Waals surface area contributed by atoms with Crippen LogP contribution in [0.25, 0.3) is 0 Å². The average molecular weight is 294 g/mol. The summed E-state index contributed by atoms with van der Waals surface area (Å²) in [6.07, 6.45) is 0. The largest absolute Gasteiger partial charge is 0.380 e. The average Bonchev–Trinajstić information content (AvgIpc) is 2.78. The Balaban J connectivity index is 2.08. The number of benzene rings is 1. The number of hydrogen-bond acceptors (Lipinski definition) is 5. The van der Waals surface area contributed by atoms with E-state index < -0.39 is 0 Å². The number of aromatic nitrogens is 1. The first-order valence-electron chi connectivity index (χ1n) is 5.60. The standard InChI is InChI=1S/C13H12ClN3OS/c1-18-8-10-5-3-2-4-9(10)7-16-13-17-12(14)11(6-15)19-13/h2-5H,7-8H2,1H3,(H,16,17). The summed E-state index contributed by atoms with van der Waals surface area (Å²) >= 11 is 7.08. The quantitative estimate of drug-likeness (QED) is 0.917. The molecule has 0 saturated heterocycles. The van der Waals surface area contributed by atoms with E-state index in [2.05, 4.69) is 10.3 Å². The van der Waals surface area contributed by atoms with Crippen molar-refractivity contribution in [1.29, 1.82) is 5.26 Å². The van der Waals surface area contributed by atoms with Crippen LogP contribution in [-0.2, 0) is 17.9 Å². The number of halogens is 1. The molecule has 0 aliphatic carbocycles. The van der Waals surface area contributed by atoms with Crippen molar-refractivity contribution in [3.63, 3.8) is 0 Å². The van der Waals surface area contributed by atoms with Gasteiger partial charge in [-0.15, -0.1) is 0 Å². The molecule has 6 heteroatoms. The van der Waals surface area contributed by atoms with E-state index in [9.17, 15) is 0 Å². The SMILES string of the molecule is COCc1ccccc1CNc1nc(Cl)c(C#N)s1. The molecule has 1 heterocycles. The smallest absolute Gasteiger partial charge is 0.185 e. The Hall–Kier alpha value is -1.61. The first-order chi connectivity index (χ1) is 9.24. The summed E-state index contributed by atoms with van der Waals surface area (Å²) in [4.78, 5) is 4.52. The van der Waals surface area contributed by atoms with Crippen LogP contribution in [0.15, 0.2) is 24.3 Å². The third-order valence-electron chi connectivity index (χ3n) is 2.54. The second-order valence-electron chi connectivity index (χ2n) is 3.81. The minimum absolute atomic E-state index is 0.250. The summed E-state index contributed by atoms with van der Waals surface area (Å²) in [5.41, 5.74) is 2.26. The van der Waals surface area contributed by atoms with Crippen LogP contribution in [0.4, 0.5) is 5.13 Å². The highest BCUT2D eigenvalue weighted by atomic mass is 35.5. The minimum atomic E-state index is 0.250. The zero-order chi connectivity index (χ0) is 13.7. The van der Waals surface area contributed by atoms with E-state index in [0.717, 1.165) is 11.1 Å². The van der Waals surface area contributed by atoms with Gasteiger partial charge in [0.15, 0.2) is 10.3 Å². The number of hydrogen-bond donors (Lipinski definition) is 1. The number of anilines is 1. The number of nitrogens with one attached hydrogen (secondary N) is 1. The normalized spacial score (nSPS) is 10.2. The van der Waals surface area contributed by atoms with Crippen molar-refractivity contribution in [2.24, 2.45) is 0 Å². The molecule has 0 spiro atoms. The molecule has 1 aromatic carbocycles. The van der Waals surface area contributed by atoms with E-state index >= 15 is 0 Å². The van der Waals surface area contributed by atoms with Crippen LogP contribution in [-0.4, -0.2) is 12.1 Å². The van der Waals surface area contributed by atoms with Gasteiger partial charge in [-0.05, 0) is 11.1 Å². The van der Waals surface area contributed by atoms with E-state index in [0.29, 0.717) is 23.2 Å². The molecule has 0 saturated carbocycles. The van der Waals surface area contributed by atoms with Crippen LogP contribution in [0.3, 0.4) is 0 Å². The Labute approximate surface area is 120 Å². The van der Waals surface area contributed by atoms with Gasteiger partial charge in [-0.1, -0.05) is 47.2 Å². The van der Waals surface area contributed by atoms with Gasteiger partial charge in [-0.3, -0.25) is 0 Å². The van der Waals surface area contributed by atoms with Crippen LogP contribution in [0.2, 0.25) is 5.15 Å². The molecule has 98 valence electrons. The maximum absolute atomic E-state index is 8.82. The molecule has 2 aromatic rings. The van der Waals surface area contributed by atoms with Crippen LogP contribution in [0.1, 0.15) is 16.0 Å². The highest BCUT2D eigenvalue weighted by molar-refractivity contribution is 7.16. The zero-order valence-electron chi connectivity index (χ0n) is 10.3. The Morgan fingerprint density at radius 2 is 2.16 bits per heavy atom. The molecule has 0 fully saturated rings. The first-order valence-corrected chi connectivity index (χ1v) is 6.80. The van der Waals surface area contributed by atoms with Crippen molar-refractivity contribution >= 4 is 28.1 Å². The molecule has 0 unspecified atom stereocenters. The van der Waals surface area contributed by atoms with Gasteiger partial charge in [-0.2, -0.15) is 5.26 Å². The molecule has 1 N–H and O–H groups in total. The Kier molecular flexibility index (Phi) is 4.74. The molecular formula is C13H12ClN3OS. The van der Waals surface area contributed by atoms with E-state index in [1.165, 1.54) is 11.3 Å². The summed E-state index contributed by atoms with van der Waals surface area (Å²) in [5.74, 6) is 0. The van der Waals surface area contributed by atoms with Gasteiger partial charge in [0.2, 0.25) is 0 Å². The summed E-state index contributed by atoms with van der Waals surface area (Å²) < 4.78 is 5.16. The molecule has 0 atom stereocenters. The van der Waals surface area contributed by atoms with Crippen LogP contribution in [0.5, 0.6) is 0 Å². The third-order valence-corrected chi connectivity index (χ3v) is 3.84. The van der Waals surface area contributed by atoms with Crippen molar-refractivity contribution in [3.8, 4) is 6.07 Å². The Morgan fingerprint density at radius 1 is 1.42 bits per heavy atom. The Bertz CT molecular complexity index is 606. The topological polar surface area (TPSA) is 57.9 Å². The summed E-state index contributed by atoms with van der Waals surface area (Å²) in [5, 5.41) is 12.9. The summed E-state index contributed by atoms with van der Waals surface area (Å²) in [6, 6.07) is 10.0. The van der Waals surface area contributed by atoms with Gasteiger partial charge >= 0.3 is 0 Å². The fraction of sp³-hybridized carbons (Fsp3) is 0.231. The minimum Gasteiger partial charge on any atom is -0.380 e. The van der Waals surface area contributed by atoms with Gasteiger partial charge in [-0.25, -0.2) is 4.98 Å². The van der Waals surface area contributed by atoms with Crippen molar-refractivity contribution in [2.75, 3.05) is 12.4 Å². The van der Waals surface area contributed by atoms with E-state index in [1.54, 1.807) is 7.11 Å². The van der Waals surface area contributed by atoms with Crippen molar-refractivity contribution in [1.82, 2.24) is 4.98 Å². The van der Waals surface area contributed by atoms with E-state index in [4.69, 9.17) is 21.6 Å². The molecular weight excluding hydrogens is 282 g/mol. The molecule has 1 aromatic heterocycles. The molecule has 19 heavy (non-hydrogen) atoms. The Morgan fingerprint density at radius 3 is 2.79 bits per heavy atom. The van der Waals surface area contributed by atoms with E-state index in [1.807, 2.05) is 30.3 Å². The summed E-state index contributed by atoms with van der Waals surface area (Å²) in [7, 11) is 1.67. The highest BCUT2D eigenvalue weighted by Gasteiger charge is 2.09. The number of methoxy groups -OCH3 is 1. The number of nitriles is 1. The maximum atomic E-state index is 8.82. The molecule has 0 aliphatic heterocycles. The third kappa shape index (κ3) is 3.44. The molecule has 0 amide bonds. The lowest BCUT2D eigenvalue weighted by Gasteiger charge is -2.08. The lowest BCUT2D eigenvalue weighted by molar-refractivity contribution is 0.184. The molecule has 0 bridgehead atoms. The monoisotopic (exact) mass is 293 g/mol. The zero-order valence-corrected chi connectivity index (χ0v) is 11.9. The highest BCUT2D eigenvalue weighted by Crippen LogP contribution is 2.26. The number of thiazole rings is 1. The van der Waals surface area contributed by atoms with E-state index in [-0.39, 0.29) is 5.15 Å². The number of rotatable bonds is 5. The lowest BCUT2D eigenvalue weighted by atomic mass is 10.1. The number of ether oxygens (including phenoxy) is 1. The van der Waals surface area contributed by atoms with Crippen LogP contribution < -0.4 is 5.32 Å². The van der Waals surface area contributed by atoms with Crippen molar-refractivity contribution in [2.45, 2.75) is 13.2 Å². The van der Waals surface area contributed by atoms with Gasteiger partial charge in [0.1, 0.15) is 10.9 Å². The van der Waals surface area contributed by atoms with Gasteiger partial charge in [0.05, 0.1) is 6.61 Å². The lowest BCUT2D eigenvalue weighted by Crippen LogP contribution is -2.03. The molecule has 0 radical (unpaired) electrons. The van der Waals surface area contributed by atoms with Crippen LogP contribution >= 0.6 is 22.9 Å². The van der Waals surface area contributed by atoms with Gasteiger partial charge < -0.3 is 10.1 Å². The van der Waals surface area contributed by atoms with Crippen molar-refractivity contribution in [3.05, 3.63) is 45.4 Å². The van der Waals surface area contributed by atoms with Crippen LogP contribution in [0, 0.1) is 11.3 Å². The predicted octanol–water partition coefficient (Wildman–Crippen LogP) is 3.43. The summed E-state index contributed by atoms with van der Waals surface area (Å²) in [6.45, 7) is 1.19. The van der Waals surface area contributed by atoms with Gasteiger partial charge in [0, 0.05) is 13.7 Å². The molecule has 4 nitrogen and oxygen atoms in total. The van der Waals surface area contributed by atoms with Gasteiger partial charge in [0.25, 0.3) is 0 Å². The number of nitrogens with zero attached hydrogens (tertiary/aromatic N) is 2. The van der Waals surface area contributed by atoms with Crippen molar-refractivity contribution < 1.29 is 4.74 Å². The second-order valence-corrected chi connectivity index (χ2v) is 5.16. The predicted molar refractivity (Wildman–Crippen MR) is 76.3 cm³/mol.